The van der Waals surface area contributed by atoms with Crippen molar-refractivity contribution < 1.29 is 19.2 Å². The minimum absolute atomic E-state index is 0.112. The molecule has 1 aliphatic carbocycles. The van der Waals surface area contributed by atoms with Crippen LogP contribution in [0.25, 0.3) is 0 Å². The molecule has 152 valence electrons. The molecule has 2 saturated heterocycles. The van der Waals surface area contributed by atoms with Crippen LogP contribution in [-0.2, 0) is 16.1 Å². The number of benzene rings is 1. The Morgan fingerprint density at radius 3 is 2.76 bits per heavy atom. The molecule has 2 bridgehead atoms. The average molecular weight is 396 g/mol. The molecule has 4 amide bonds. The molecule has 3 atom stereocenters. The van der Waals surface area contributed by atoms with Crippen molar-refractivity contribution in [1.82, 2.24) is 20.9 Å². The Hall–Kier alpha value is -2.58. The van der Waals surface area contributed by atoms with E-state index in [4.69, 9.17) is 0 Å². The molecule has 8 nitrogen and oxygen atoms in total. The molecule has 8 heteroatoms. The average Bonchev–Trinajstić information content (AvgIpc) is 3.14. The smallest absolute Gasteiger partial charge is 0.262 e. The van der Waals surface area contributed by atoms with Crippen molar-refractivity contribution in [2.45, 2.75) is 50.2 Å². The highest BCUT2D eigenvalue weighted by Crippen LogP contribution is 2.37. The zero-order valence-electron chi connectivity index (χ0n) is 16.1. The lowest BCUT2D eigenvalue weighted by Gasteiger charge is -2.35. The lowest BCUT2D eigenvalue weighted by molar-refractivity contribution is -0.136. The predicted molar refractivity (Wildman–Crippen MR) is 103 cm³/mol. The SMILES string of the molecule is O=C1CCC(N2C(=O)c3ccc(CNC45CCC(CNC4)C5)cc3C2=O)C(=O)N1. The van der Waals surface area contributed by atoms with Crippen LogP contribution in [0.5, 0.6) is 0 Å². The maximum absolute atomic E-state index is 12.9. The summed E-state index contributed by atoms with van der Waals surface area (Å²) in [4.78, 5) is 50.2. The van der Waals surface area contributed by atoms with Crippen molar-refractivity contribution in [3.8, 4) is 0 Å². The molecule has 3 N–H and O–H groups in total. The van der Waals surface area contributed by atoms with Crippen molar-refractivity contribution >= 4 is 23.6 Å². The number of carbonyl (C=O) groups excluding carboxylic acids is 4. The molecule has 1 aromatic rings. The Kier molecular flexibility index (Phi) is 4.29. The Bertz CT molecular complexity index is 925. The quantitative estimate of drug-likeness (QED) is 0.633. The number of hydrogen-bond donors (Lipinski definition) is 3. The molecule has 3 heterocycles. The molecule has 3 aliphatic heterocycles. The number of nitrogens with one attached hydrogen (secondary N) is 3. The third-order valence-corrected chi connectivity index (χ3v) is 6.78. The Labute approximate surface area is 168 Å². The molecule has 0 spiro atoms. The van der Waals surface area contributed by atoms with Gasteiger partial charge in [0.1, 0.15) is 6.04 Å². The van der Waals surface area contributed by atoms with E-state index in [0.29, 0.717) is 17.7 Å². The number of imide groups is 2. The van der Waals surface area contributed by atoms with Crippen LogP contribution in [0.4, 0.5) is 0 Å². The second kappa shape index (κ2) is 6.74. The Morgan fingerprint density at radius 1 is 1.10 bits per heavy atom. The van der Waals surface area contributed by atoms with Gasteiger partial charge in [0.2, 0.25) is 11.8 Å². The normalized spacial score (nSPS) is 31.2. The fourth-order valence-corrected chi connectivity index (χ4v) is 5.23. The van der Waals surface area contributed by atoms with Crippen molar-refractivity contribution in [2.24, 2.45) is 5.92 Å². The van der Waals surface area contributed by atoms with Crippen LogP contribution in [0.15, 0.2) is 18.2 Å². The Morgan fingerprint density at radius 2 is 1.93 bits per heavy atom. The van der Waals surface area contributed by atoms with Gasteiger partial charge in [-0.05, 0) is 55.8 Å². The van der Waals surface area contributed by atoms with E-state index < -0.39 is 23.8 Å². The predicted octanol–water partition coefficient (Wildman–Crippen LogP) is 0.320. The molecule has 4 aliphatic rings. The van der Waals surface area contributed by atoms with Crippen molar-refractivity contribution in [2.75, 3.05) is 13.1 Å². The van der Waals surface area contributed by atoms with Gasteiger partial charge in [0, 0.05) is 25.0 Å². The van der Waals surface area contributed by atoms with E-state index in [1.165, 1.54) is 12.8 Å². The first-order valence-corrected chi connectivity index (χ1v) is 10.3. The molecular formula is C21H24N4O4. The van der Waals surface area contributed by atoms with Crippen molar-refractivity contribution in [1.29, 1.82) is 0 Å². The second-order valence-electron chi connectivity index (χ2n) is 8.70. The van der Waals surface area contributed by atoms with E-state index in [1.807, 2.05) is 6.07 Å². The van der Waals surface area contributed by atoms with Crippen LogP contribution in [0.3, 0.4) is 0 Å². The number of piperidine rings is 2. The molecule has 5 rings (SSSR count). The number of carbonyl (C=O) groups is 4. The highest BCUT2D eigenvalue weighted by molar-refractivity contribution is 6.23. The van der Waals surface area contributed by atoms with Gasteiger partial charge in [0.25, 0.3) is 11.8 Å². The van der Waals surface area contributed by atoms with E-state index in [9.17, 15) is 19.2 Å². The molecule has 1 saturated carbocycles. The summed E-state index contributed by atoms with van der Waals surface area (Å²) in [6, 6.07) is 4.37. The largest absolute Gasteiger partial charge is 0.315 e. The highest BCUT2D eigenvalue weighted by Gasteiger charge is 2.45. The third kappa shape index (κ3) is 3.07. The van der Waals surface area contributed by atoms with E-state index in [1.54, 1.807) is 12.1 Å². The van der Waals surface area contributed by atoms with Gasteiger partial charge in [-0.25, -0.2) is 0 Å². The van der Waals surface area contributed by atoms with Crippen LogP contribution < -0.4 is 16.0 Å². The van der Waals surface area contributed by atoms with Crippen LogP contribution in [0, 0.1) is 5.92 Å². The molecule has 3 fully saturated rings. The molecule has 3 unspecified atom stereocenters. The first-order chi connectivity index (χ1) is 14.0. The third-order valence-electron chi connectivity index (χ3n) is 6.78. The standard InChI is InChI=1S/C21H24N4O4/c26-17-4-3-16(18(27)24-17)25-19(28)14-2-1-12(7-15(14)20(25)29)10-23-21-6-5-13(8-21)9-22-11-21/h1-2,7,13,16,22-23H,3-6,8-11H2,(H,24,26,27). The fraction of sp³-hybridized carbons (Fsp3) is 0.524. The number of fused-ring (bicyclic) bond motifs is 3. The maximum Gasteiger partial charge on any atom is 0.262 e. The summed E-state index contributed by atoms with van der Waals surface area (Å²) in [5.74, 6) is -1.15. The van der Waals surface area contributed by atoms with Gasteiger partial charge >= 0.3 is 0 Å². The summed E-state index contributed by atoms with van der Waals surface area (Å²) in [6.45, 7) is 2.67. The van der Waals surface area contributed by atoms with Crippen LogP contribution in [0.1, 0.15) is 58.4 Å². The van der Waals surface area contributed by atoms with Crippen molar-refractivity contribution in [3.05, 3.63) is 34.9 Å². The molecule has 1 aromatic carbocycles. The minimum Gasteiger partial charge on any atom is -0.315 e. The van der Waals surface area contributed by atoms with Gasteiger partial charge < -0.3 is 10.6 Å². The second-order valence-corrected chi connectivity index (χ2v) is 8.70. The monoisotopic (exact) mass is 396 g/mol. The zero-order chi connectivity index (χ0) is 20.2. The summed E-state index contributed by atoms with van der Waals surface area (Å²) in [5, 5.41) is 9.39. The fourth-order valence-electron chi connectivity index (χ4n) is 5.23. The van der Waals surface area contributed by atoms with Crippen LogP contribution in [-0.4, -0.2) is 53.2 Å². The zero-order valence-corrected chi connectivity index (χ0v) is 16.1. The van der Waals surface area contributed by atoms with Gasteiger partial charge in [-0.1, -0.05) is 6.07 Å². The number of rotatable bonds is 4. The lowest BCUT2D eigenvalue weighted by atomic mass is 9.92. The summed E-state index contributed by atoms with van der Waals surface area (Å²) in [6.07, 6.45) is 3.84. The van der Waals surface area contributed by atoms with Crippen LogP contribution >= 0.6 is 0 Å². The van der Waals surface area contributed by atoms with Gasteiger partial charge in [0.15, 0.2) is 0 Å². The number of amides is 4. The van der Waals surface area contributed by atoms with Gasteiger partial charge in [-0.15, -0.1) is 0 Å². The van der Waals surface area contributed by atoms with E-state index in [-0.39, 0.29) is 24.3 Å². The van der Waals surface area contributed by atoms with Gasteiger partial charge in [-0.2, -0.15) is 0 Å². The first-order valence-electron chi connectivity index (χ1n) is 10.3. The van der Waals surface area contributed by atoms with E-state index >= 15 is 0 Å². The molecule has 0 aromatic heterocycles. The topological polar surface area (TPSA) is 108 Å². The molecule has 29 heavy (non-hydrogen) atoms. The van der Waals surface area contributed by atoms with E-state index in [2.05, 4.69) is 16.0 Å². The summed E-state index contributed by atoms with van der Waals surface area (Å²) >= 11 is 0. The molecule has 0 radical (unpaired) electrons. The number of hydrogen-bond acceptors (Lipinski definition) is 6. The highest BCUT2D eigenvalue weighted by atomic mass is 16.2. The lowest BCUT2D eigenvalue weighted by Crippen LogP contribution is -2.54. The van der Waals surface area contributed by atoms with Gasteiger partial charge in [-0.3, -0.25) is 29.4 Å². The Balaban J connectivity index is 1.33. The van der Waals surface area contributed by atoms with Crippen molar-refractivity contribution in [3.63, 3.8) is 0 Å². The minimum atomic E-state index is -0.927. The van der Waals surface area contributed by atoms with Crippen LogP contribution in [0.2, 0.25) is 0 Å². The summed E-state index contributed by atoms with van der Waals surface area (Å²) in [5.41, 5.74) is 1.71. The molecular weight excluding hydrogens is 372 g/mol. The summed E-state index contributed by atoms with van der Waals surface area (Å²) in [7, 11) is 0. The summed E-state index contributed by atoms with van der Waals surface area (Å²) < 4.78 is 0. The number of nitrogens with zero attached hydrogens (tertiary/aromatic N) is 1. The maximum atomic E-state index is 12.9. The van der Waals surface area contributed by atoms with E-state index in [0.717, 1.165) is 35.9 Å². The first kappa shape index (κ1) is 18.4. The van der Waals surface area contributed by atoms with Gasteiger partial charge in [0.05, 0.1) is 11.1 Å².